The van der Waals surface area contributed by atoms with E-state index in [-0.39, 0.29) is 5.54 Å². The molecule has 106 valence electrons. The molecule has 1 N–H and O–H groups in total. The van der Waals surface area contributed by atoms with Crippen LogP contribution >= 0.6 is 0 Å². The van der Waals surface area contributed by atoms with E-state index in [4.69, 9.17) is 0 Å². The first-order chi connectivity index (χ1) is 8.90. The number of nitrogens with zero attached hydrogens (tertiary/aromatic N) is 2. The molecule has 0 saturated carbocycles. The molecule has 0 saturated heterocycles. The van der Waals surface area contributed by atoms with Crippen LogP contribution in [-0.2, 0) is 6.54 Å². The highest BCUT2D eigenvalue weighted by Crippen LogP contribution is 2.06. The minimum atomic E-state index is 0.144. The molecule has 3 nitrogen and oxygen atoms in total. The molecule has 0 aliphatic heterocycles. The Kier molecular flexibility index (Phi) is 6.19. The molecule has 1 aromatic heterocycles. The van der Waals surface area contributed by atoms with Gasteiger partial charge in [-0.3, -0.25) is 9.88 Å². The summed E-state index contributed by atoms with van der Waals surface area (Å²) in [6.07, 6.45) is 3.69. The van der Waals surface area contributed by atoms with Gasteiger partial charge in [0.05, 0.1) is 0 Å². The van der Waals surface area contributed by atoms with Gasteiger partial charge in [0, 0.05) is 37.6 Å². The molecule has 1 rings (SSSR count). The smallest absolute Gasteiger partial charge is 0.0271 e. The van der Waals surface area contributed by atoms with Crippen molar-refractivity contribution in [1.82, 2.24) is 15.2 Å². The number of hydrogen-bond donors (Lipinski definition) is 1. The normalized spacial score (nSPS) is 11.8. The third-order valence-electron chi connectivity index (χ3n) is 2.92. The lowest BCUT2D eigenvalue weighted by molar-refractivity contribution is 0.299. The Hall–Kier alpha value is -1.19. The molecule has 1 aromatic rings. The van der Waals surface area contributed by atoms with Crippen molar-refractivity contribution < 1.29 is 0 Å². The molecule has 3 heteroatoms. The fourth-order valence-electron chi connectivity index (χ4n) is 1.79. The highest BCUT2D eigenvalue weighted by atomic mass is 15.1. The zero-order valence-corrected chi connectivity index (χ0v) is 12.7. The van der Waals surface area contributed by atoms with E-state index in [1.165, 1.54) is 11.1 Å². The summed E-state index contributed by atoms with van der Waals surface area (Å²) >= 11 is 0. The third kappa shape index (κ3) is 7.09. The zero-order valence-electron chi connectivity index (χ0n) is 12.7. The Morgan fingerprint density at radius 2 is 1.95 bits per heavy atom. The summed E-state index contributed by atoms with van der Waals surface area (Å²) < 4.78 is 0. The second-order valence-electron chi connectivity index (χ2n) is 6.01. The zero-order chi connectivity index (χ0) is 14.3. The van der Waals surface area contributed by atoms with Crippen molar-refractivity contribution in [2.75, 3.05) is 19.6 Å². The third-order valence-corrected chi connectivity index (χ3v) is 2.92. The summed E-state index contributed by atoms with van der Waals surface area (Å²) in [4.78, 5) is 6.44. The van der Waals surface area contributed by atoms with E-state index in [0.29, 0.717) is 0 Å². The number of likely N-dealkylation sites (N-methyl/N-ethyl adjacent to an activating group) is 1. The van der Waals surface area contributed by atoms with E-state index >= 15 is 0 Å². The van der Waals surface area contributed by atoms with E-state index in [2.05, 4.69) is 61.6 Å². The van der Waals surface area contributed by atoms with Crippen LogP contribution in [-0.4, -0.2) is 35.1 Å². The number of nitrogens with one attached hydrogen (secondary N) is 1. The molecular weight excluding hydrogens is 234 g/mol. The summed E-state index contributed by atoms with van der Waals surface area (Å²) in [6, 6.07) is 4.14. The van der Waals surface area contributed by atoms with E-state index in [0.717, 1.165) is 26.2 Å². The van der Waals surface area contributed by atoms with Crippen molar-refractivity contribution in [3.05, 3.63) is 42.2 Å². The summed E-state index contributed by atoms with van der Waals surface area (Å²) in [5.74, 6) is 0. The molecule has 0 aliphatic carbocycles. The molecule has 0 aliphatic rings. The van der Waals surface area contributed by atoms with Crippen molar-refractivity contribution in [2.45, 2.75) is 39.8 Å². The second kappa shape index (κ2) is 7.41. The lowest BCUT2D eigenvalue weighted by atomic mass is 10.1. The van der Waals surface area contributed by atoms with Crippen LogP contribution in [0, 0.1) is 0 Å². The van der Waals surface area contributed by atoms with Gasteiger partial charge in [0.25, 0.3) is 0 Å². The molecule has 1 heterocycles. The first-order valence-corrected chi connectivity index (χ1v) is 6.93. The van der Waals surface area contributed by atoms with Gasteiger partial charge in [-0.1, -0.05) is 13.5 Å². The molecule has 19 heavy (non-hydrogen) atoms. The predicted molar refractivity (Wildman–Crippen MR) is 82.1 cm³/mol. The Morgan fingerprint density at radius 1 is 1.32 bits per heavy atom. The van der Waals surface area contributed by atoms with Crippen LogP contribution in [0.3, 0.4) is 0 Å². The summed E-state index contributed by atoms with van der Waals surface area (Å²) in [6.45, 7) is 16.7. The molecule has 0 radical (unpaired) electrons. The van der Waals surface area contributed by atoms with Gasteiger partial charge in [-0.15, -0.1) is 0 Å². The number of aromatic nitrogens is 1. The van der Waals surface area contributed by atoms with Gasteiger partial charge < -0.3 is 5.32 Å². The average Bonchev–Trinajstić information content (AvgIpc) is 2.36. The van der Waals surface area contributed by atoms with Crippen molar-refractivity contribution in [3.8, 4) is 0 Å². The van der Waals surface area contributed by atoms with Crippen molar-refractivity contribution >= 4 is 0 Å². The predicted octanol–water partition coefficient (Wildman–Crippen LogP) is 2.85. The Morgan fingerprint density at radius 3 is 2.47 bits per heavy atom. The lowest BCUT2D eigenvalue weighted by Crippen LogP contribution is -2.38. The molecule has 0 unspecified atom stereocenters. The molecule has 0 fully saturated rings. The minimum absolute atomic E-state index is 0.144. The van der Waals surface area contributed by atoms with Crippen molar-refractivity contribution in [1.29, 1.82) is 0 Å². The quantitative estimate of drug-likeness (QED) is 0.765. The monoisotopic (exact) mass is 261 g/mol. The van der Waals surface area contributed by atoms with Gasteiger partial charge in [-0.05, 0) is 50.6 Å². The fourth-order valence-corrected chi connectivity index (χ4v) is 1.79. The highest BCUT2D eigenvalue weighted by Gasteiger charge is 2.10. The van der Waals surface area contributed by atoms with Crippen LogP contribution in [0.5, 0.6) is 0 Å². The fraction of sp³-hybridized carbons (Fsp3) is 0.562. The van der Waals surface area contributed by atoms with Crippen LogP contribution in [0.4, 0.5) is 0 Å². The Labute approximate surface area is 117 Å². The maximum atomic E-state index is 4.17. The van der Waals surface area contributed by atoms with Gasteiger partial charge in [0.15, 0.2) is 0 Å². The van der Waals surface area contributed by atoms with Gasteiger partial charge in [-0.25, -0.2) is 0 Å². The molecule has 0 bridgehead atoms. The van der Waals surface area contributed by atoms with Crippen LogP contribution < -0.4 is 5.32 Å². The molecular formula is C16H27N3. The molecule has 0 amide bonds. The maximum Gasteiger partial charge on any atom is 0.0271 e. The summed E-state index contributed by atoms with van der Waals surface area (Å²) in [7, 11) is 0. The minimum Gasteiger partial charge on any atom is -0.308 e. The van der Waals surface area contributed by atoms with Gasteiger partial charge >= 0.3 is 0 Å². The molecule has 0 spiro atoms. The van der Waals surface area contributed by atoms with Gasteiger partial charge in [0.1, 0.15) is 0 Å². The summed E-state index contributed by atoms with van der Waals surface area (Å²) in [5, 5.41) is 3.48. The van der Waals surface area contributed by atoms with E-state index < -0.39 is 0 Å². The standard InChI is InChI=1S/C16H27N3/c1-6-19(13-15-7-9-17-10-8-15)12-14(2)11-18-16(3,4)5/h7-10,18H,2,6,11-13H2,1,3-5H3. The average molecular weight is 261 g/mol. The van der Waals surface area contributed by atoms with Crippen LogP contribution in [0.2, 0.25) is 0 Å². The first-order valence-electron chi connectivity index (χ1n) is 6.93. The molecule has 0 aromatic carbocycles. The van der Waals surface area contributed by atoms with E-state index in [1.54, 1.807) is 0 Å². The number of rotatable bonds is 7. The lowest BCUT2D eigenvalue weighted by Gasteiger charge is -2.25. The topological polar surface area (TPSA) is 28.2 Å². The highest BCUT2D eigenvalue weighted by molar-refractivity contribution is 5.10. The first kappa shape index (κ1) is 15.9. The maximum absolute atomic E-state index is 4.17. The second-order valence-corrected chi connectivity index (χ2v) is 6.01. The van der Waals surface area contributed by atoms with Gasteiger partial charge in [-0.2, -0.15) is 0 Å². The van der Waals surface area contributed by atoms with E-state index in [1.807, 2.05) is 12.4 Å². The van der Waals surface area contributed by atoms with Crippen molar-refractivity contribution in [2.24, 2.45) is 0 Å². The Bertz CT molecular complexity index is 379. The number of hydrogen-bond acceptors (Lipinski definition) is 3. The van der Waals surface area contributed by atoms with Crippen molar-refractivity contribution in [3.63, 3.8) is 0 Å². The van der Waals surface area contributed by atoms with Crippen LogP contribution in [0.15, 0.2) is 36.7 Å². The summed E-state index contributed by atoms with van der Waals surface area (Å²) in [5.41, 5.74) is 2.67. The molecule has 0 atom stereocenters. The van der Waals surface area contributed by atoms with Crippen LogP contribution in [0.1, 0.15) is 33.3 Å². The van der Waals surface area contributed by atoms with Gasteiger partial charge in [0.2, 0.25) is 0 Å². The van der Waals surface area contributed by atoms with E-state index in [9.17, 15) is 0 Å². The van der Waals surface area contributed by atoms with Crippen LogP contribution in [0.25, 0.3) is 0 Å². The Balaban J connectivity index is 2.42. The largest absolute Gasteiger partial charge is 0.308 e. The number of pyridine rings is 1. The SMILES string of the molecule is C=C(CNC(C)(C)C)CN(CC)Cc1ccncc1.